The number of carbonyl (C=O) groups is 1. The van der Waals surface area contributed by atoms with E-state index in [1.54, 1.807) is 25.1 Å². The van der Waals surface area contributed by atoms with E-state index in [0.717, 1.165) is 17.7 Å². The third-order valence-electron chi connectivity index (χ3n) is 4.14. The van der Waals surface area contributed by atoms with Crippen molar-refractivity contribution in [3.05, 3.63) is 76.1 Å². The molecule has 0 aliphatic carbocycles. The Kier molecular flexibility index (Phi) is 5.38. The minimum atomic E-state index is -4.41. The van der Waals surface area contributed by atoms with Crippen LogP contribution in [-0.4, -0.2) is 15.9 Å². The van der Waals surface area contributed by atoms with Crippen molar-refractivity contribution in [3.63, 3.8) is 0 Å². The van der Waals surface area contributed by atoms with Crippen LogP contribution in [0.3, 0.4) is 0 Å². The summed E-state index contributed by atoms with van der Waals surface area (Å²) < 4.78 is 38.0. The van der Waals surface area contributed by atoms with Gasteiger partial charge in [-0.05, 0) is 43.7 Å². The first-order valence-corrected chi connectivity index (χ1v) is 8.62. The van der Waals surface area contributed by atoms with Crippen LogP contribution < -0.4 is 5.32 Å². The summed E-state index contributed by atoms with van der Waals surface area (Å²) in [5.41, 5.74) is 1.76. The fourth-order valence-corrected chi connectivity index (χ4v) is 2.73. The highest BCUT2D eigenvalue weighted by Crippen LogP contribution is 2.30. The predicted molar refractivity (Wildman–Crippen MR) is 101 cm³/mol. The number of nitrogens with zero attached hydrogens (tertiary/aromatic N) is 2. The number of hydrogen-bond donors (Lipinski definition) is 1. The number of alkyl halides is 3. The molecule has 1 N–H and O–H groups in total. The van der Waals surface area contributed by atoms with E-state index >= 15 is 0 Å². The van der Waals surface area contributed by atoms with Crippen LogP contribution >= 0.6 is 11.6 Å². The smallest absolute Gasteiger partial charge is 0.322 e. The van der Waals surface area contributed by atoms with Gasteiger partial charge in [-0.2, -0.15) is 13.2 Å². The maximum atomic E-state index is 12.7. The second-order valence-electron chi connectivity index (χ2n) is 6.18. The molecule has 0 bridgehead atoms. The molecule has 4 nitrogen and oxygen atoms in total. The van der Waals surface area contributed by atoms with Crippen LogP contribution in [0.25, 0.3) is 11.4 Å². The zero-order valence-corrected chi connectivity index (χ0v) is 15.7. The average Bonchev–Trinajstić information content (AvgIpc) is 2.64. The molecule has 28 heavy (non-hydrogen) atoms. The SMILES string of the molecule is Cc1ccc(Cl)cc1NC(=O)c1cnc(-c2ccc(C(F)(F)F)cc2)nc1C. The topological polar surface area (TPSA) is 54.9 Å². The van der Waals surface area contributed by atoms with Gasteiger partial charge in [0.05, 0.1) is 16.8 Å². The quantitative estimate of drug-likeness (QED) is 0.609. The normalized spacial score (nSPS) is 11.4. The number of anilines is 1. The molecule has 0 atom stereocenters. The fraction of sp³-hybridized carbons (Fsp3) is 0.150. The van der Waals surface area contributed by atoms with E-state index in [1.807, 2.05) is 6.92 Å². The molecule has 3 aromatic rings. The van der Waals surface area contributed by atoms with Gasteiger partial charge < -0.3 is 5.32 Å². The van der Waals surface area contributed by atoms with Gasteiger partial charge in [0.2, 0.25) is 0 Å². The summed E-state index contributed by atoms with van der Waals surface area (Å²) in [6.07, 6.45) is -3.06. The van der Waals surface area contributed by atoms with Gasteiger partial charge in [-0.25, -0.2) is 9.97 Å². The van der Waals surface area contributed by atoms with Gasteiger partial charge in [-0.15, -0.1) is 0 Å². The molecule has 0 aliphatic heterocycles. The molecule has 8 heteroatoms. The van der Waals surface area contributed by atoms with E-state index in [9.17, 15) is 18.0 Å². The van der Waals surface area contributed by atoms with Crippen molar-refractivity contribution in [2.45, 2.75) is 20.0 Å². The van der Waals surface area contributed by atoms with E-state index in [-0.39, 0.29) is 11.4 Å². The van der Waals surface area contributed by atoms with E-state index in [2.05, 4.69) is 15.3 Å². The molecule has 144 valence electrons. The molecular weight excluding hydrogens is 391 g/mol. The maximum Gasteiger partial charge on any atom is 0.416 e. The molecule has 2 aromatic carbocycles. The number of hydrogen-bond acceptors (Lipinski definition) is 3. The lowest BCUT2D eigenvalue weighted by atomic mass is 10.1. The summed E-state index contributed by atoms with van der Waals surface area (Å²) >= 11 is 5.96. The Morgan fingerprint density at radius 3 is 2.36 bits per heavy atom. The molecule has 0 saturated carbocycles. The molecule has 0 radical (unpaired) electrons. The third kappa shape index (κ3) is 4.31. The van der Waals surface area contributed by atoms with Gasteiger partial charge in [0.15, 0.2) is 5.82 Å². The molecule has 0 unspecified atom stereocenters. The largest absolute Gasteiger partial charge is 0.416 e. The van der Waals surface area contributed by atoms with Crippen molar-refractivity contribution in [2.75, 3.05) is 5.32 Å². The van der Waals surface area contributed by atoms with Gasteiger partial charge in [0, 0.05) is 22.5 Å². The summed E-state index contributed by atoms with van der Waals surface area (Å²) in [5, 5.41) is 3.26. The first-order valence-electron chi connectivity index (χ1n) is 8.24. The first-order chi connectivity index (χ1) is 13.1. The number of amides is 1. The Balaban J connectivity index is 1.84. The van der Waals surface area contributed by atoms with Crippen LogP contribution in [0, 0.1) is 13.8 Å². The Morgan fingerprint density at radius 1 is 1.07 bits per heavy atom. The molecule has 0 saturated heterocycles. The molecule has 1 amide bonds. The Morgan fingerprint density at radius 2 is 1.75 bits per heavy atom. The number of halogens is 4. The zero-order valence-electron chi connectivity index (χ0n) is 14.9. The number of aryl methyl sites for hydroxylation is 2. The molecule has 1 heterocycles. The van der Waals surface area contributed by atoms with Crippen LogP contribution in [0.5, 0.6) is 0 Å². The van der Waals surface area contributed by atoms with Gasteiger partial charge >= 0.3 is 6.18 Å². The monoisotopic (exact) mass is 405 g/mol. The predicted octanol–water partition coefficient (Wildman–Crippen LogP) is 5.68. The van der Waals surface area contributed by atoms with Crippen LogP contribution in [0.2, 0.25) is 5.02 Å². The zero-order chi connectivity index (χ0) is 20.5. The summed E-state index contributed by atoms with van der Waals surface area (Å²) in [7, 11) is 0. The van der Waals surface area contributed by atoms with Gasteiger partial charge in [-0.1, -0.05) is 29.8 Å². The van der Waals surface area contributed by atoms with E-state index in [1.165, 1.54) is 18.3 Å². The van der Waals surface area contributed by atoms with Crippen molar-refractivity contribution in [2.24, 2.45) is 0 Å². The van der Waals surface area contributed by atoms with E-state index < -0.39 is 17.6 Å². The number of carbonyl (C=O) groups excluding carboxylic acids is 1. The number of aromatic nitrogens is 2. The second-order valence-corrected chi connectivity index (χ2v) is 6.62. The lowest BCUT2D eigenvalue weighted by Gasteiger charge is -2.11. The average molecular weight is 406 g/mol. The molecule has 0 spiro atoms. The minimum absolute atomic E-state index is 0.238. The second kappa shape index (κ2) is 7.59. The van der Waals surface area contributed by atoms with E-state index in [4.69, 9.17) is 11.6 Å². The van der Waals surface area contributed by atoms with Crippen LogP contribution in [0.15, 0.2) is 48.7 Å². The summed E-state index contributed by atoms with van der Waals surface area (Å²) in [6, 6.07) is 9.68. The lowest BCUT2D eigenvalue weighted by molar-refractivity contribution is -0.137. The molecule has 0 aliphatic rings. The Hall–Kier alpha value is -2.93. The Labute approximate surface area is 164 Å². The first kappa shape index (κ1) is 19.8. The summed E-state index contributed by atoms with van der Waals surface area (Å²) in [6.45, 7) is 3.47. The Bertz CT molecular complexity index is 1030. The highest BCUT2D eigenvalue weighted by molar-refractivity contribution is 6.31. The summed E-state index contributed by atoms with van der Waals surface area (Å²) in [5.74, 6) is -0.163. The number of nitrogens with one attached hydrogen (secondary N) is 1. The lowest BCUT2D eigenvalue weighted by Crippen LogP contribution is -2.15. The van der Waals surface area contributed by atoms with Crippen molar-refractivity contribution in [1.82, 2.24) is 9.97 Å². The van der Waals surface area contributed by atoms with Crippen LogP contribution in [-0.2, 0) is 6.18 Å². The van der Waals surface area contributed by atoms with Gasteiger partial charge in [-0.3, -0.25) is 4.79 Å². The molecule has 1 aromatic heterocycles. The van der Waals surface area contributed by atoms with Gasteiger partial charge in [0.1, 0.15) is 0 Å². The molecular formula is C20H15ClF3N3O. The van der Waals surface area contributed by atoms with Crippen molar-refractivity contribution >= 4 is 23.2 Å². The van der Waals surface area contributed by atoms with Crippen molar-refractivity contribution < 1.29 is 18.0 Å². The molecule has 3 rings (SSSR count). The van der Waals surface area contributed by atoms with Crippen molar-refractivity contribution in [1.29, 1.82) is 0 Å². The fourth-order valence-electron chi connectivity index (χ4n) is 2.56. The minimum Gasteiger partial charge on any atom is -0.322 e. The highest BCUT2D eigenvalue weighted by Gasteiger charge is 2.30. The number of rotatable bonds is 3. The van der Waals surface area contributed by atoms with Crippen molar-refractivity contribution in [3.8, 4) is 11.4 Å². The van der Waals surface area contributed by atoms with E-state index in [0.29, 0.717) is 22.0 Å². The number of benzene rings is 2. The third-order valence-corrected chi connectivity index (χ3v) is 4.38. The van der Waals surface area contributed by atoms with Crippen LogP contribution in [0.1, 0.15) is 27.2 Å². The van der Waals surface area contributed by atoms with Gasteiger partial charge in [0.25, 0.3) is 5.91 Å². The molecule has 0 fully saturated rings. The standard InChI is InChI=1S/C20H15ClF3N3O/c1-11-3-8-15(21)9-17(11)27-19(28)16-10-25-18(26-12(16)2)13-4-6-14(7-5-13)20(22,23)24/h3-10H,1-2H3,(H,27,28). The van der Waals surface area contributed by atoms with Crippen LogP contribution in [0.4, 0.5) is 18.9 Å². The highest BCUT2D eigenvalue weighted by atomic mass is 35.5. The maximum absolute atomic E-state index is 12.7. The summed E-state index contributed by atoms with van der Waals surface area (Å²) in [4.78, 5) is 20.9.